The first kappa shape index (κ1) is 16.2. The molecule has 2 rings (SSSR count). The van der Waals surface area contributed by atoms with Gasteiger partial charge in [-0.25, -0.2) is 0 Å². The zero-order valence-corrected chi connectivity index (χ0v) is 13.0. The van der Waals surface area contributed by atoms with Crippen LogP contribution in [0.5, 0.6) is 5.75 Å². The lowest BCUT2D eigenvalue weighted by atomic mass is 9.94. The van der Waals surface area contributed by atoms with E-state index in [-0.39, 0.29) is 23.0 Å². The molecule has 0 bridgehead atoms. The summed E-state index contributed by atoms with van der Waals surface area (Å²) in [5.74, 6) is 0.219. The summed E-state index contributed by atoms with van der Waals surface area (Å²) in [7, 11) is 0. The monoisotopic (exact) mass is 299 g/mol. The SMILES string of the molecule is CC1(C)CC(NCc2ccccc2OC(F)F)C(C)(C)O1. The van der Waals surface area contributed by atoms with Crippen molar-refractivity contribution in [3.05, 3.63) is 29.8 Å². The zero-order chi connectivity index (χ0) is 15.7. The largest absolute Gasteiger partial charge is 0.434 e. The Balaban J connectivity index is 2.04. The number of halogens is 2. The van der Waals surface area contributed by atoms with Crippen molar-refractivity contribution in [2.75, 3.05) is 0 Å². The van der Waals surface area contributed by atoms with Gasteiger partial charge in [-0.3, -0.25) is 0 Å². The number of ether oxygens (including phenoxy) is 2. The summed E-state index contributed by atoms with van der Waals surface area (Å²) in [6, 6.07) is 7.01. The zero-order valence-electron chi connectivity index (χ0n) is 13.0. The molecule has 118 valence electrons. The van der Waals surface area contributed by atoms with Gasteiger partial charge in [0, 0.05) is 18.2 Å². The topological polar surface area (TPSA) is 30.5 Å². The molecule has 21 heavy (non-hydrogen) atoms. The maximum atomic E-state index is 12.4. The summed E-state index contributed by atoms with van der Waals surface area (Å²) >= 11 is 0. The molecule has 1 aliphatic heterocycles. The summed E-state index contributed by atoms with van der Waals surface area (Å²) in [6.07, 6.45) is 0.873. The molecule has 1 atom stereocenters. The first-order chi connectivity index (χ1) is 9.70. The molecular formula is C16H23F2NO2. The molecule has 1 aromatic rings. The number of hydrogen-bond acceptors (Lipinski definition) is 3. The molecule has 3 nitrogen and oxygen atoms in total. The van der Waals surface area contributed by atoms with E-state index in [9.17, 15) is 8.78 Å². The highest BCUT2D eigenvalue weighted by Crippen LogP contribution is 2.37. The third-order valence-electron chi connectivity index (χ3n) is 3.80. The van der Waals surface area contributed by atoms with Gasteiger partial charge in [-0.2, -0.15) is 8.78 Å². The highest BCUT2D eigenvalue weighted by atomic mass is 19.3. The highest BCUT2D eigenvalue weighted by Gasteiger charge is 2.45. The third-order valence-corrected chi connectivity index (χ3v) is 3.80. The van der Waals surface area contributed by atoms with Crippen LogP contribution in [0.2, 0.25) is 0 Å². The van der Waals surface area contributed by atoms with E-state index in [4.69, 9.17) is 4.74 Å². The number of nitrogens with one attached hydrogen (secondary N) is 1. The van der Waals surface area contributed by atoms with E-state index in [0.717, 1.165) is 12.0 Å². The molecule has 0 spiro atoms. The van der Waals surface area contributed by atoms with Crippen LogP contribution in [-0.4, -0.2) is 23.9 Å². The van der Waals surface area contributed by atoms with Crippen LogP contribution in [0.4, 0.5) is 8.78 Å². The van der Waals surface area contributed by atoms with Crippen molar-refractivity contribution in [2.24, 2.45) is 0 Å². The summed E-state index contributed by atoms with van der Waals surface area (Å²) in [6.45, 7) is 5.86. The van der Waals surface area contributed by atoms with Gasteiger partial charge in [0.05, 0.1) is 11.2 Å². The van der Waals surface area contributed by atoms with Gasteiger partial charge >= 0.3 is 6.61 Å². The summed E-state index contributed by atoms with van der Waals surface area (Å²) < 4.78 is 35.4. The molecule has 1 heterocycles. The van der Waals surface area contributed by atoms with Gasteiger partial charge in [0.1, 0.15) is 5.75 Å². The van der Waals surface area contributed by atoms with Crippen LogP contribution in [-0.2, 0) is 11.3 Å². The minimum atomic E-state index is -2.81. The fourth-order valence-corrected chi connectivity index (χ4v) is 2.97. The number of rotatable bonds is 5. The minimum absolute atomic E-state index is 0.159. The smallest absolute Gasteiger partial charge is 0.387 e. The molecule has 0 aromatic heterocycles. The molecule has 1 N–H and O–H groups in total. The number of alkyl halides is 2. The fraction of sp³-hybridized carbons (Fsp3) is 0.625. The average molecular weight is 299 g/mol. The van der Waals surface area contributed by atoms with Gasteiger partial charge < -0.3 is 14.8 Å². The first-order valence-electron chi connectivity index (χ1n) is 7.16. The van der Waals surface area contributed by atoms with Gasteiger partial charge in [-0.1, -0.05) is 18.2 Å². The second-order valence-corrected chi connectivity index (χ2v) is 6.59. The highest BCUT2D eigenvalue weighted by molar-refractivity contribution is 5.33. The Morgan fingerprint density at radius 3 is 2.52 bits per heavy atom. The Labute approximate surface area is 124 Å². The van der Waals surface area contributed by atoms with Crippen LogP contribution in [0.15, 0.2) is 24.3 Å². The second-order valence-electron chi connectivity index (χ2n) is 6.59. The molecule has 5 heteroatoms. The lowest BCUT2D eigenvalue weighted by Crippen LogP contribution is -2.43. The van der Waals surface area contributed by atoms with Gasteiger partial charge in [0.15, 0.2) is 0 Å². The number of para-hydroxylation sites is 1. The number of hydrogen-bond donors (Lipinski definition) is 1. The summed E-state index contributed by atoms with van der Waals surface area (Å²) in [4.78, 5) is 0. The first-order valence-corrected chi connectivity index (χ1v) is 7.16. The lowest BCUT2D eigenvalue weighted by molar-refractivity contribution is -0.0701. The van der Waals surface area contributed by atoms with Gasteiger partial charge in [0.25, 0.3) is 0 Å². The van der Waals surface area contributed by atoms with Crippen molar-refractivity contribution < 1.29 is 18.3 Å². The van der Waals surface area contributed by atoms with Crippen molar-refractivity contribution in [1.29, 1.82) is 0 Å². The van der Waals surface area contributed by atoms with E-state index >= 15 is 0 Å². The Kier molecular flexibility index (Phi) is 4.54. The molecular weight excluding hydrogens is 276 g/mol. The Bertz CT molecular complexity index is 489. The van der Waals surface area contributed by atoms with Gasteiger partial charge in [-0.15, -0.1) is 0 Å². The van der Waals surface area contributed by atoms with Gasteiger partial charge in [0.2, 0.25) is 0 Å². The number of benzene rings is 1. The molecule has 0 radical (unpaired) electrons. The molecule has 1 saturated heterocycles. The van der Waals surface area contributed by atoms with Crippen molar-refractivity contribution in [3.63, 3.8) is 0 Å². The Morgan fingerprint density at radius 1 is 1.29 bits per heavy atom. The van der Waals surface area contributed by atoms with Crippen LogP contribution in [0.3, 0.4) is 0 Å². The van der Waals surface area contributed by atoms with E-state index in [0.29, 0.717) is 6.54 Å². The van der Waals surface area contributed by atoms with E-state index in [1.807, 2.05) is 19.9 Å². The molecule has 1 fully saturated rings. The van der Waals surface area contributed by atoms with E-state index in [1.165, 1.54) is 0 Å². The summed E-state index contributed by atoms with van der Waals surface area (Å²) in [5, 5.41) is 3.41. The lowest BCUT2D eigenvalue weighted by Gasteiger charge is -2.28. The van der Waals surface area contributed by atoms with Crippen molar-refractivity contribution in [1.82, 2.24) is 5.32 Å². The summed E-state index contributed by atoms with van der Waals surface area (Å²) in [5.41, 5.74) is 0.251. The van der Waals surface area contributed by atoms with Crippen LogP contribution < -0.4 is 10.1 Å². The molecule has 1 aromatic carbocycles. The maximum absolute atomic E-state index is 12.4. The molecule has 0 amide bonds. The Morgan fingerprint density at radius 2 is 1.95 bits per heavy atom. The normalized spacial score (nSPS) is 23.5. The van der Waals surface area contributed by atoms with E-state index < -0.39 is 6.61 Å². The minimum Gasteiger partial charge on any atom is -0.434 e. The van der Waals surface area contributed by atoms with Crippen LogP contribution in [0.1, 0.15) is 39.7 Å². The molecule has 0 saturated carbocycles. The molecule has 1 aliphatic rings. The second kappa shape index (κ2) is 5.89. The standard InChI is InChI=1S/C16H23F2NO2/c1-15(2)9-13(16(3,4)21-15)19-10-11-7-5-6-8-12(11)20-14(17)18/h5-8,13-14,19H,9-10H2,1-4H3. The van der Waals surface area contributed by atoms with Crippen molar-refractivity contribution in [3.8, 4) is 5.75 Å². The van der Waals surface area contributed by atoms with Crippen molar-refractivity contribution >= 4 is 0 Å². The van der Waals surface area contributed by atoms with E-state index in [1.54, 1.807) is 18.2 Å². The average Bonchev–Trinajstić information content (AvgIpc) is 2.55. The molecule has 1 unspecified atom stereocenters. The van der Waals surface area contributed by atoms with E-state index in [2.05, 4.69) is 23.9 Å². The fourth-order valence-electron chi connectivity index (χ4n) is 2.97. The van der Waals surface area contributed by atoms with Crippen LogP contribution in [0.25, 0.3) is 0 Å². The maximum Gasteiger partial charge on any atom is 0.387 e. The Hall–Kier alpha value is -1.20. The van der Waals surface area contributed by atoms with Crippen LogP contribution in [0, 0.1) is 0 Å². The van der Waals surface area contributed by atoms with Gasteiger partial charge in [-0.05, 0) is 40.2 Å². The quantitative estimate of drug-likeness (QED) is 0.899. The third kappa shape index (κ3) is 4.14. The molecule has 0 aliphatic carbocycles. The van der Waals surface area contributed by atoms with Crippen molar-refractivity contribution in [2.45, 2.75) is 64.5 Å². The predicted molar refractivity (Wildman–Crippen MR) is 77.6 cm³/mol. The predicted octanol–water partition coefficient (Wildman–Crippen LogP) is 3.72. The van der Waals surface area contributed by atoms with Crippen LogP contribution >= 0.6 is 0 Å².